The maximum absolute atomic E-state index is 6.16. The molecule has 0 aliphatic rings. The van der Waals surface area contributed by atoms with Crippen molar-refractivity contribution in [2.24, 2.45) is 0 Å². The average molecular weight is 284 g/mol. The van der Waals surface area contributed by atoms with E-state index in [0.29, 0.717) is 6.54 Å². The number of nitrogens with one attached hydrogen (secondary N) is 1. The molecule has 0 unspecified atom stereocenters. The molecule has 0 aliphatic heterocycles. The molecule has 3 aromatic rings. The van der Waals surface area contributed by atoms with E-state index in [-0.39, 0.29) is 0 Å². The van der Waals surface area contributed by atoms with E-state index >= 15 is 0 Å². The molecule has 0 spiro atoms. The number of aromatic nitrogens is 1. The second-order valence-corrected chi connectivity index (χ2v) is 4.98. The zero-order chi connectivity index (χ0) is 13.9. The summed E-state index contributed by atoms with van der Waals surface area (Å²) >= 11 is 6.16. The highest BCUT2D eigenvalue weighted by molar-refractivity contribution is 6.31. The van der Waals surface area contributed by atoms with Crippen LogP contribution in [0.3, 0.4) is 0 Å². The largest absolute Gasteiger partial charge is 0.398 e. The van der Waals surface area contributed by atoms with Crippen LogP contribution in [0.4, 0.5) is 11.4 Å². The molecule has 1 aromatic heterocycles. The van der Waals surface area contributed by atoms with Gasteiger partial charge in [-0.25, -0.2) is 0 Å². The summed E-state index contributed by atoms with van der Waals surface area (Å²) in [7, 11) is 0. The highest BCUT2D eigenvalue weighted by Gasteiger charge is 2.05. The Balaban J connectivity index is 1.92. The highest BCUT2D eigenvalue weighted by Crippen LogP contribution is 2.28. The molecule has 100 valence electrons. The van der Waals surface area contributed by atoms with Crippen molar-refractivity contribution in [1.29, 1.82) is 0 Å². The summed E-state index contributed by atoms with van der Waals surface area (Å²) < 4.78 is 0. The molecule has 0 aliphatic carbocycles. The van der Waals surface area contributed by atoms with Crippen LogP contribution < -0.4 is 11.1 Å². The van der Waals surface area contributed by atoms with Gasteiger partial charge in [0.05, 0.1) is 0 Å². The van der Waals surface area contributed by atoms with Gasteiger partial charge in [0, 0.05) is 46.1 Å². The summed E-state index contributed by atoms with van der Waals surface area (Å²) in [6.07, 6.45) is 3.57. The Hall–Kier alpha value is -2.26. The van der Waals surface area contributed by atoms with Crippen LogP contribution in [-0.2, 0) is 6.54 Å². The molecule has 0 amide bonds. The smallest absolute Gasteiger partial charge is 0.0455 e. The summed E-state index contributed by atoms with van der Waals surface area (Å²) in [5, 5.41) is 6.17. The molecule has 3 rings (SSSR count). The molecule has 3 nitrogen and oxygen atoms in total. The normalized spacial score (nSPS) is 10.7. The summed E-state index contributed by atoms with van der Waals surface area (Å²) in [5.41, 5.74) is 8.80. The van der Waals surface area contributed by atoms with E-state index < -0.39 is 0 Å². The third-order valence-electron chi connectivity index (χ3n) is 3.28. The second kappa shape index (κ2) is 5.39. The monoisotopic (exact) mass is 283 g/mol. The number of anilines is 2. The van der Waals surface area contributed by atoms with Crippen molar-refractivity contribution < 1.29 is 0 Å². The average Bonchev–Trinajstić information content (AvgIpc) is 2.48. The highest BCUT2D eigenvalue weighted by atomic mass is 35.5. The molecule has 0 bridgehead atoms. The van der Waals surface area contributed by atoms with E-state index in [0.717, 1.165) is 32.7 Å². The molecule has 2 aromatic carbocycles. The lowest BCUT2D eigenvalue weighted by Crippen LogP contribution is -2.01. The van der Waals surface area contributed by atoms with Gasteiger partial charge in [-0.3, -0.25) is 4.98 Å². The fourth-order valence-corrected chi connectivity index (χ4v) is 2.40. The van der Waals surface area contributed by atoms with Crippen molar-refractivity contribution >= 4 is 33.7 Å². The predicted molar refractivity (Wildman–Crippen MR) is 84.9 cm³/mol. The quantitative estimate of drug-likeness (QED) is 0.712. The summed E-state index contributed by atoms with van der Waals surface area (Å²) in [4.78, 5) is 4.17. The van der Waals surface area contributed by atoms with Gasteiger partial charge in [-0.1, -0.05) is 29.8 Å². The van der Waals surface area contributed by atoms with Crippen molar-refractivity contribution in [3.05, 3.63) is 65.4 Å². The maximum atomic E-state index is 6.16. The zero-order valence-electron chi connectivity index (χ0n) is 10.8. The number of hydrogen-bond acceptors (Lipinski definition) is 3. The van der Waals surface area contributed by atoms with Gasteiger partial charge in [0.15, 0.2) is 0 Å². The third-order valence-corrected chi connectivity index (χ3v) is 3.65. The van der Waals surface area contributed by atoms with Crippen LogP contribution in [0.25, 0.3) is 10.8 Å². The minimum absolute atomic E-state index is 0.660. The van der Waals surface area contributed by atoms with E-state index in [2.05, 4.69) is 10.3 Å². The molecule has 1 heterocycles. The molecule has 0 saturated heterocycles. The molecule has 0 fully saturated rings. The SMILES string of the molecule is Nc1ccc(NCc2ccccc2Cl)c2cnccc12. The van der Waals surface area contributed by atoms with Crippen molar-refractivity contribution in [1.82, 2.24) is 4.98 Å². The van der Waals surface area contributed by atoms with Gasteiger partial charge in [0.25, 0.3) is 0 Å². The molecular formula is C16H14ClN3. The molecule has 0 atom stereocenters. The number of fused-ring (bicyclic) bond motifs is 1. The first-order valence-electron chi connectivity index (χ1n) is 6.35. The number of pyridine rings is 1. The van der Waals surface area contributed by atoms with Crippen LogP contribution in [0, 0.1) is 0 Å². The van der Waals surface area contributed by atoms with E-state index in [4.69, 9.17) is 17.3 Å². The second-order valence-electron chi connectivity index (χ2n) is 4.57. The number of halogens is 1. The predicted octanol–water partition coefficient (Wildman–Crippen LogP) is 4.08. The number of benzene rings is 2. The molecule has 3 N–H and O–H groups in total. The third kappa shape index (κ3) is 2.40. The van der Waals surface area contributed by atoms with Crippen LogP contribution >= 0.6 is 11.6 Å². The Labute approximate surface area is 122 Å². The number of rotatable bonds is 3. The number of nitrogens with two attached hydrogens (primary N) is 1. The van der Waals surface area contributed by atoms with Gasteiger partial charge >= 0.3 is 0 Å². The number of nitrogen functional groups attached to an aromatic ring is 1. The van der Waals surface area contributed by atoms with Crippen LogP contribution in [0.15, 0.2) is 54.9 Å². The standard InChI is InChI=1S/C16H14ClN3/c17-14-4-2-1-3-11(14)9-20-16-6-5-15(18)12-7-8-19-10-13(12)16/h1-8,10,20H,9,18H2. The molecular weight excluding hydrogens is 270 g/mol. The molecule has 0 radical (unpaired) electrons. The fourth-order valence-electron chi connectivity index (χ4n) is 2.20. The van der Waals surface area contributed by atoms with Gasteiger partial charge in [-0.2, -0.15) is 0 Å². The van der Waals surface area contributed by atoms with Crippen LogP contribution in [0.1, 0.15) is 5.56 Å². The van der Waals surface area contributed by atoms with Crippen LogP contribution in [0.2, 0.25) is 5.02 Å². The van der Waals surface area contributed by atoms with Crippen molar-refractivity contribution in [2.75, 3.05) is 11.1 Å². The van der Waals surface area contributed by atoms with E-state index in [1.54, 1.807) is 6.20 Å². The fraction of sp³-hybridized carbons (Fsp3) is 0.0625. The first-order valence-corrected chi connectivity index (χ1v) is 6.73. The van der Waals surface area contributed by atoms with E-state index in [1.165, 1.54) is 0 Å². The van der Waals surface area contributed by atoms with Crippen molar-refractivity contribution in [2.45, 2.75) is 6.54 Å². The maximum Gasteiger partial charge on any atom is 0.0455 e. The Morgan fingerprint density at radius 1 is 1.05 bits per heavy atom. The summed E-state index contributed by atoms with van der Waals surface area (Å²) in [5.74, 6) is 0. The summed E-state index contributed by atoms with van der Waals surface area (Å²) in [6, 6.07) is 13.6. The topological polar surface area (TPSA) is 50.9 Å². The molecule has 4 heteroatoms. The first-order chi connectivity index (χ1) is 9.75. The summed E-state index contributed by atoms with van der Waals surface area (Å²) in [6.45, 7) is 0.660. The Kier molecular flexibility index (Phi) is 3.44. The molecule has 0 saturated carbocycles. The van der Waals surface area contributed by atoms with Gasteiger partial charge in [-0.15, -0.1) is 0 Å². The van der Waals surface area contributed by atoms with E-state index in [1.807, 2.05) is 48.7 Å². The minimum atomic E-state index is 0.660. The Bertz CT molecular complexity index is 756. The Morgan fingerprint density at radius 2 is 1.90 bits per heavy atom. The first kappa shape index (κ1) is 12.8. The Morgan fingerprint density at radius 3 is 2.75 bits per heavy atom. The lowest BCUT2D eigenvalue weighted by molar-refractivity contribution is 1.15. The zero-order valence-corrected chi connectivity index (χ0v) is 11.6. The van der Waals surface area contributed by atoms with Gasteiger partial charge < -0.3 is 11.1 Å². The van der Waals surface area contributed by atoms with Gasteiger partial charge in [-0.05, 0) is 29.8 Å². The minimum Gasteiger partial charge on any atom is -0.398 e. The number of hydrogen-bond donors (Lipinski definition) is 2. The van der Waals surface area contributed by atoms with Gasteiger partial charge in [0.1, 0.15) is 0 Å². The van der Waals surface area contributed by atoms with Crippen molar-refractivity contribution in [3.8, 4) is 0 Å². The number of nitrogens with zero attached hydrogens (tertiary/aromatic N) is 1. The van der Waals surface area contributed by atoms with Crippen molar-refractivity contribution in [3.63, 3.8) is 0 Å². The van der Waals surface area contributed by atoms with E-state index in [9.17, 15) is 0 Å². The molecule has 20 heavy (non-hydrogen) atoms. The van der Waals surface area contributed by atoms with Crippen LogP contribution in [0.5, 0.6) is 0 Å². The lowest BCUT2D eigenvalue weighted by atomic mass is 10.1. The van der Waals surface area contributed by atoms with Gasteiger partial charge in [0.2, 0.25) is 0 Å². The van der Waals surface area contributed by atoms with Crippen LogP contribution in [-0.4, -0.2) is 4.98 Å². The lowest BCUT2D eigenvalue weighted by Gasteiger charge is -2.11.